The molecule has 16 heavy (non-hydrogen) atoms. The molecule has 0 radical (unpaired) electrons. The first-order valence-corrected chi connectivity index (χ1v) is 5.84. The van der Waals surface area contributed by atoms with Gasteiger partial charge in [0.05, 0.1) is 6.10 Å². The lowest BCUT2D eigenvalue weighted by Gasteiger charge is -2.34. The van der Waals surface area contributed by atoms with E-state index >= 15 is 0 Å². The van der Waals surface area contributed by atoms with Crippen LogP contribution in [0.1, 0.15) is 31.4 Å². The third-order valence-corrected chi connectivity index (χ3v) is 3.40. The van der Waals surface area contributed by atoms with Crippen molar-refractivity contribution < 1.29 is 9.50 Å². The highest BCUT2D eigenvalue weighted by Gasteiger charge is 2.21. The van der Waals surface area contributed by atoms with E-state index in [2.05, 4.69) is 11.8 Å². The molecule has 0 bridgehead atoms. The number of likely N-dealkylation sites (tertiary alicyclic amines) is 1. The molecule has 1 aliphatic rings. The fraction of sp³-hybridized carbons (Fsp3) is 0.538. The van der Waals surface area contributed by atoms with Crippen LogP contribution in [0, 0.1) is 5.82 Å². The second-order valence-electron chi connectivity index (χ2n) is 4.49. The van der Waals surface area contributed by atoms with Crippen LogP contribution in [-0.4, -0.2) is 29.2 Å². The topological polar surface area (TPSA) is 23.5 Å². The predicted octanol–water partition coefficient (Wildman–Crippen LogP) is 2.34. The fourth-order valence-electron chi connectivity index (χ4n) is 2.23. The summed E-state index contributed by atoms with van der Waals surface area (Å²) in [6.07, 6.45) is 1.54. The summed E-state index contributed by atoms with van der Waals surface area (Å²) in [6.45, 7) is 3.96. The molecule has 0 spiro atoms. The summed E-state index contributed by atoms with van der Waals surface area (Å²) in [4.78, 5) is 2.33. The van der Waals surface area contributed by atoms with Gasteiger partial charge in [-0.2, -0.15) is 0 Å². The van der Waals surface area contributed by atoms with E-state index in [-0.39, 0.29) is 11.9 Å². The molecule has 1 saturated heterocycles. The first kappa shape index (κ1) is 11.6. The van der Waals surface area contributed by atoms with Crippen molar-refractivity contribution >= 4 is 0 Å². The Morgan fingerprint density at radius 2 is 1.81 bits per heavy atom. The van der Waals surface area contributed by atoms with Gasteiger partial charge < -0.3 is 5.11 Å². The van der Waals surface area contributed by atoms with E-state index < -0.39 is 0 Å². The van der Waals surface area contributed by atoms with Crippen molar-refractivity contribution in [3.8, 4) is 0 Å². The molecule has 0 saturated carbocycles. The number of halogens is 1. The Morgan fingerprint density at radius 1 is 1.25 bits per heavy atom. The maximum Gasteiger partial charge on any atom is 0.123 e. The largest absolute Gasteiger partial charge is 0.393 e. The second kappa shape index (κ2) is 4.93. The number of rotatable bonds is 2. The summed E-state index contributed by atoms with van der Waals surface area (Å²) in [7, 11) is 0. The first-order chi connectivity index (χ1) is 7.66. The highest BCUT2D eigenvalue weighted by atomic mass is 19.1. The zero-order valence-electron chi connectivity index (χ0n) is 9.56. The van der Waals surface area contributed by atoms with Crippen LogP contribution in [0.4, 0.5) is 4.39 Å². The van der Waals surface area contributed by atoms with E-state index in [0.717, 1.165) is 31.5 Å². The molecule has 3 heteroatoms. The van der Waals surface area contributed by atoms with E-state index in [9.17, 15) is 9.50 Å². The summed E-state index contributed by atoms with van der Waals surface area (Å²) in [5.74, 6) is -0.190. The molecule has 2 nitrogen and oxygen atoms in total. The van der Waals surface area contributed by atoms with Crippen LogP contribution in [0.25, 0.3) is 0 Å². The Balaban J connectivity index is 2.01. The number of hydrogen-bond donors (Lipinski definition) is 1. The summed E-state index contributed by atoms with van der Waals surface area (Å²) in [5, 5.41) is 9.44. The number of hydrogen-bond acceptors (Lipinski definition) is 2. The van der Waals surface area contributed by atoms with Gasteiger partial charge in [0, 0.05) is 19.1 Å². The molecule has 0 aromatic heterocycles. The fourth-order valence-corrected chi connectivity index (χ4v) is 2.23. The average molecular weight is 223 g/mol. The molecule has 1 fully saturated rings. The quantitative estimate of drug-likeness (QED) is 0.832. The predicted molar refractivity (Wildman–Crippen MR) is 61.6 cm³/mol. The molecule has 1 aliphatic heterocycles. The van der Waals surface area contributed by atoms with E-state index in [4.69, 9.17) is 0 Å². The number of piperidine rings is 1. The summed E-state index contributed by atoms with van der Waals surface area (Å²) >= 11 is 0. The van der Waals surface area contributed by atoms with Crippen molar-refractivity contribution in [2.24, 2.45) is 0 Å². The lowest BCUT2D eigenvalue weighted by atomic mass is 10.0. The first-order valence-electron chi connectivity index (χ1n) is 5.84. The molecule has 1 N–H and O–H groups in total. The number of aliphatic hydroxyl groups excluding tert-OH is 1. The molecule has 1 atom stereocenters. The van der Waals surface area contributed by atoms with Gasteiger partial charge in [0.1, 0.15) is 5.82 Å². The van der Waals surface area contributed by atoms with Gasteiger partial charge in [-0.05, 0) is 37.5 Å². The molecular weight excluding hydrogens is 205 g/mol. The van der Waals surface area contributed by atoms with Crippen LogP contribution in [-0.2, 0) is 0 Å². The molecule has 88 valence electrons. The molecule has 1 unspecified atom stereocenters. The number of benzene rings is 1. The minimum atomic E-state index is -0.190. The van der Waals surface area contributed by atoms with Gasteiger partial charge in [-0.1, -0.05) is 12.1 Å². The monoisotopic (exact) mass is 223 g/mol. The van der Waals surface area contributed by atoms with E-state index in [1.807, 2.05) is 12.1 Å². The van der Waals surface area contributed by atoms with Gasteiger partial charge in [-0.25, -0.2) is 4.39 Å². The van der Waals surface area contributed by atoms with Crippen molar-refractivity contribution in [3.05, 3.63) is 35.6 Å². The number of nitrogens with zero attached hydrogens (tertiary/aromatic N) is 1. The molecule has 1 aromatic carbocycles. The SMILES string of the molecule is CC(c1ccc(F)cc1)N1CCC(O)CC1. The van der Waals surface area contributed by atoms with Gasteiger partial charge in [0.15, 0.2) is 0 Å². The molecule has 1 heterocycles. The second-order valence-corrected chi connectivity index (χ2v) is 4.49. The average Bonchev–Trinajstić information content (AvgIpc) is 2.30. The van der Waals surface area contributed by atoms with Crippen LogP contribution >= 0.6 is 0 Å². The lowest BCUT2D eigenvalue weighted by Crippen LogP contribution is -2.37. The van der Waals surface area contributed by atoms with Crippen LogP contribution in [0.5, 0.6) is 0 Å². The van der Waals surface area contributed by atoms with Crippen LogP contribution in [0.3, 0.4) is 0 Å². The Labute approximate surface area is 95.7 Å². The standard InChI is InChI=1S/C13H18FNO/c1-10(11-2-4-12(14)5-3-11)15-8-6-13(16)7-9-15/h2-5,10,13,16H,6-9H2,1H3. The molecular formula is C13H18FNO. The highest BCUT2D eigenvalue weighted by Crippen LogP contribution is 2.24. The minimum Gasteiger partial charge on any atom is -0.393 e. The Bertz CT molecular complexity index is 330. The van der Waals surface area contributed by atoms with E-state index in [1.165, 1.54) is 12.1 Å². The van der Waals surface area contributed by atoms with E-state index in [0.29, 0.717) is 6.04 Å². The van der Waals surface area contributed by atoms with Crippen LogP contribution < -0.4 is 0 Å². The lowest BCUT2D eigenvalue weighted by molar-refractivity contribution is 0.0645. The Kier molecular flexibility index (Phi) is 3.56. The molecule has 0 aliphatic carbocycles. The van der Waals surface area contributed by atoms with Crippen molar-refractivity contribution in [2.75, 3.05) is 13.1 Å². The molecule has 1 aromatic rings. The van der Waals surface area contributed by atoms with Crippen molar-refractivity contribution in [2.45, 2.75) is 31.9 Å². The van der Waals surface area contributed by atoms with Crippen molar-refractivity contribution in [3.63, 3.8) is 0 Å². The smallest absolute Gasteiger partial charge is 0.123 e. The third-order valence-electron chi connectivity index (χ3n) is 3.40. The van der Waals surface area contributed by atoms with Gasteiger partial charge in [0.25, 0.3) is 0 Å². The molecule has 0 amide bonds. The van der Waals surface area contributed by atoms with Gasteiger partial charge >= 0.3 is 0 Å². The summed E-state index contributed by atoms with van der Waals surface area (Å²) in [5.41, 5.74) is 1.14. The summed E-state index contributed by atoms with van der Waals surface area (Å²) < 4.78 is 12.8. The van der Waals surface area contributed by atoms with Crippen LogP contribution in [0.2, 0.25) is 0 Å². The van der Waals surface area contributed by atoms with E-state index in [1.54, 1.807) is 0 Å². The maximum absolute atomic E-state index is 12.8. The van der Waals surface area contributed by atoms with Crippen molar-refractivity contribution in [1.82, 2.24) is 4.90 Å². The maximum atomic E-state index is 12.8. The van der Waals surface area contributed by atoms with Gasteiger partial charge in [0.2, 0.25) is 0 Å². The summed E-state index contributed by atoms with van der Waals surface area (Å²) in [6, 6.07) is 6.99. The van der Waals surface area contributed by atoms with Crippen molar-refractivity contribution in [1.29, 1.82) is 0 Å². The minimum absolute atomic E-state index is 0.142. The highest BCUT2D eigenvalue weighted by molar-refractivity contribution is 5.19. The normalized spacial score (nSPS) is 20.9. The number of aliphatic hydroxyl groups is 1. The Hall–Kier alpha value is -0.930. The van der Waals surface area contributed by atoms with Crippen LogP contribution in [0.15, 0.2) is 24.3 Å². The van der Waals surface area contributed by atoms with Gasteiger partial charge in [-0.15, -0.1) is 0 Å². The van der Waals surface area contributed by atoms with Gasteiger partial charge in [-0.3, -0.25) is 4.90 Å². The molecule has 2 rings (SSSR count). The zero-order chi connectivity index (χ0) is 11.5. The zero-order valence-corrected chi connectivity index (χ0v) is 9.56. The third kappa shape index (κ3) is 2.60. The Morgan fingerprint density at radius 3 is 2.38 bits per heavy atom.